The molecule has 0 spiro atoms. The first-order valence-electron chi connectivity index (χ1n) is 27.1. The number of hydrogen-bond donors (Lipinski definition) is 4. The van der Waals surface area contributed by atoms with Gasteiger partial charge in [0, 0.05) is 122 Å². The maximum atomic E-state index is 15.2. The van der Waals surface area contributed by atoms with Crippen molar-refractivity contribution in [3.8, 4) is 11.1 Å². The zero-order chi connectivity index (χ0) is 57.0. The third kappa shape index (κ3) is 10.0. The quantitative estimate of drug-likeness (QED) is 0.0914. The summed E-state index contributed by atoms with van der Waals surface area (Å²) in [5.74, 6) is -1.98. The molecule has 0 bridgehead atoms. The second kappa shape index (κ2) is 19.5. The second-order valence-electron chi connectivity index (χ2n) is 21.6. The fourth-order valence-electron chi connectivity index (χ4n) is 12.2. The van der Waals surface area contributed by atoms with E-state index in [9.17, 15) is 38.3 Å². The predicted octanol–water partition coefficient (Wildman–Crippen LogP) is 5.74. The minimum absolute atomic E-state index is 0.0152. The largest absolute Gasteiger partial charge is 0.469 e. The van der Waals surface area contributed by atoms with Crippen LogP contribution in [0, 0.1) is 5.41 Å². The molecule has 11 rings (SSSR count). The van der Waals surface area contributed by atoms with E-state index < -0.39 is 68.2 Å². The zero-order valence-corrected chi connectivity index (χ0v) is 43.4. The molecule has 9 heterocycles. The molecule has 1 unspecified atom stereocenters. The number of nitrogens with one attached hydrogen (secondary N) is 2. The number of anilines is 5. The third-order valence-electron chi connectivity index (χ3n) is 15.8. The van der Waals surface area contributed by atoms with Gasteiger partial charge in [-0.1, -0.05) is 13.8 Å². The number of rotatable bonds is 11. The van der Waals surface area contributed by atoms with Gasteiger partial charge in [0.25, 0.3) is 17.4 Å². The van der Waals surface area contributed by atoms with Crippen molar-refractivity contribution >= 4 is 60.1 Å². The standard InChI is InChI=1S/C53H59F3N11O9P/c1-30-26-63(34-12-15-62(16-13-34)35-5-6-37-32(21-35)28-67(49(37)70)41-8-10-45(68)60-48(41)69)17-18-64(30)40-7-9-44(59-46(40)53(54,55)56)58-39-22-33(27-61(4)50(39)71)36-11-14-57-47(38(36)29-76-77(73,74)75)66-20-19-65-42(51(66)72)23-31-24-52(2,3)25-43(31)65/h5-7,9,11,14,21-23,27,30,34,41H,8,10,12-13,15-20,24-26,28-29H2,1-4H3,(H,58,59)(H,60,68,69)(H2,73,74,75)/t30-,41?/m0/s1/i4D3. The Labute approximate surface area is 445 Å². The number of benzene rings is 1. The number of piperazine rings is 1. The van der Waals surface area contributed by atoms with Crippen LogP contribution < -0.4 is 30.9 Å². The fraction of sp³-hybridized carbons (Fsp3) is 0.453. The molecule has 24 heteroatoms. The number of aromatic nitrogens is 4. The average Bonchev–Trinajstić information content (AvgIpc) is 4.02. The van der Waals surface area contributed by atoms with E-state index in [1.54, 1.807) is 11.0 Å². The number of halogens is 3. The van der Waals surface area contributed by atoms with Crippen LogP contribution in [-0.2, 0) is 64.4 Å². The van der Waals surface area contributed by atoms with Crippen molar-refractivity contribution in [2.75, 3.05) is 59.3 Å². The Kier molecular flexibility index (Phi) is 12.3. The Morgan fingerprint density at radius 1 is 0.909 bits per heavy atom. The first-order valence-corrected chi connectivity index (χ1v) is 27.1. The van der Waals surface area contributed by atoms with E-state index in [4.69, 9.17) is 8.64 Å². The highest BCUT2D eigenvalue weighted by molar-refractivity contribution is 7.46. The molecular weight excluding hydrogens is 1020 g/mol. The molecule has 1 aromatic carbocycles. The molecule has 0 saturated carbocycles. The minimum atomic E-state index is -5.17. The van der Waals surface area contributed by atoms with Gasteiger partial charge in [0.15, 0.2) is 5.69 Å². The van der Waals surface area contributed by atoms with Crippen LogP contribution in [0.1, 0.15) is 99.5 Å². The Hall–Kier alpha value is -6.91. The third-order valence-corrected chi connectivity index (χ3v) is 16.3. The van der Waals surface area contributed by atoms with Crippen LogP contribution in [0.4, 0.5) is 41.9 Å². The van der Waals surface area contributed by atoms with Crippen LogP contribution in [0.5, 0.6) is 0 Å². The van der Waals surface area contributed by atoms with Crippen LogP contribution in [0.15, 0.2) is 65.7 Å². The summed E-state index contributed by atoms with van der Waals surface area (Å²) in [5.41, 5.74) is 1.70. The number of phosphoric acid groups is 1. The molecule has 0 radical (unpaired) electrons. The van der Waals surface area contributed by atoms with E-state index in [0.717, 1.165) is 54.4 Å². The SMILES string of the molecule is [2H]C([2H])([2H])n1cc(-c2ccnc(N3CCn4c(cc5c4CC(C)(C)C5)C3=O)c2COP(=O)(O)O)cc(Nc2ccc(N3CCN(C4CCN(c5ccc6c(c5)CN(C5CCC(=O)NC5=O)C6=O)CC4)C[C@@H]3C)c(C(F)(F)F)n2)c1=O. The monoisotopic (exact) mass is 1080 g/mol. The number of pyridine rings is 3. The van der Waals surface area contributed by atoms with Crippen LogP contribution in [0.3, 0.4) is 0 Å². The highest BCUT2D eigenvalue weighted by Gasteiger charge is 2.43. The Morgan fingerprint density at radius 2 is 1.70 bits per heavy atom. The lowest BCUT2D eigenvalue weighted by atomic mass is 9.90. The van der Waals surface area contributed by atoms with Crippen molar-refractivity contribution in [3.05, 3.63) is 111 Å². The number of carbonyl (C=O) groups excluding carboxylic acids is 4. The molecule has 3 fully saturated rings. The van der Waals surface area contributed by atoms with Crippen molar-refractivity contribution in [1.82, 2.24) is 34.2 Å². The molecule has 4 aromatic heterocycles. The summed E-state index contributed by atoms with van der Waals surface area (Å²) in [4.78, 5) is 103. The summed E-state index contributed by atoms with van der Waals surface area (Å²) in [5, 5.41) is 4.96. The van der Waals surface area contributed by atoms with E-state index >= 15 is 13.2 Å². The van der Waals surface area contributed by atoms with E-state index in [1.807, 2.05) is 29.7 Å². The number of piperidine rings is 2. The van der Waals surface area contributed by atoms with Gasteiger partial charge in [-0.3, -0.25) is 43.6 Å². The molecule has 20 nitrogen and oxygen atoms in total. The molecular formula is C53H59F3N11O9P. The van der Waals surface area contributed by atoms with Crippen molar-refractivity contribution in [2.24, 2.45) is 12.4 Å². The number of hydrogen-bond acceptors (Lipinski definition) is 13. The molecule has 1 aliphatic carbocycles. The molecule has 5 aromatic rings. The molecule has 406 valence electrons. The predicted molar refractivity (Wildman–Crippen MR) is 278 cm³/mol. The van der Waals surface area contributed by atoms with Crippen molar-refractivity contribution in [1.29, 1.82) is 0 Å². The lowest BCUT2D eigenvalue weighted by Gasteiger charge is -2.47. The van der Waals surface area contributed by atoms with Gasteiger partial charge in [0.1, 0.15) is 29.1 Å². The van der Waals surface area contributed by atoms with Crippen LogP contribution >= 0.6 is 7.82 Å². The Bertz CT molecular complexity index is 3490. The topological polar surface area (TPSA) is 228 Å². The molecule has 77 heavy (non-hydrogen) atoms. The fourth-order valence-corrected chi connectivity index (χ4v) is 12.5. The van der Waals surface area contributed by atoms with E-state index in [1.165, 1.54) is 40.3 Å². The summed E-state index contributed by atoms with van der Waals surface area (Å²) in [6.07, 6.45) is 0.841. The molecule has 3 saturated heterocycles. The van der Waals surface area contributed by atoms with Crippen LogP contribution in [0.2, 0.25) is 0 Å². The molecule has 4 amide bonds. The normalized spacial score (nSPS) is 21.9. The van der Waals surface area contributed by atoms with Crippen molar-refractivity contribution < 1.29 is 55.3 Å². The number of phosphoric ester groups is 1. The summed E-state index contributed by atoms with van der Waals surface area (Å²) < 4.78 is 89.8. The minimum Gasteiger partial charge on any atom is -0.371 e. The molecule has 4 N–H and O–H groups in total. The van der Waals surface area contributed by atoms with Gasteiger partial charge >= 0.3 is 14.0 Å². The summed E-state index contributed by atoms with van der Waals surface area (Å²) in [7, 11) is -5.17. The van der Waals surface area contributed by atoms with Crippen LogP contribution in [0.25, 0.3) is 11.1 Å². The number of carbonyl (C=O) groups is 4. The maximum absolute atomic E-state index is 15.2. The Balaban J connectivity index is 0.809. The number of nitrogens with zero attached hydrogens (tertiary/aromatic N) is 9. The van der Waals surface area contributed by atoms with E-state index in [-0.39, 0.29) is 90.0 Å². The van der Waals surface area contributed by atoms with E-state index in [2.05, 4.69) is 44.2 Å². The van der Waals surface area contributed by atoms with Gasteiger partial charge < -0.3 is 38.9 Å². The zero-order valence-electron chi connectivity index (χ0n) is 45.5. The van der Waals surface area contributed by atoms with Crippen molar-refractivity contribution in [2.45, 2.75) is 103 Å². The highest BCUT2D eigenvalue weighted by atomic mass is 31.2. The second-order valence-corrected chi connectivity index (χ2v) is 22.8. The van der Waals surface area contributed by atoms with E-state index in [0.29, 0.717) is 48.5 Å². The number of amides is 4. The van der Waals surface area contributed by atoms with Gasteiger partial charge in [0.05, 0.1) is 12.3 Å². The van der Waals surface area contributed by atoms with Gasteiger partial charge in [-0.2, -0.15) is 13.2 Å². The Morgan fingerprint density at radius 3 is 2.43 bits per heavy atom. The smallest absolute Gasteiger partial charge is 0.371 e. The van der Waals surface area contributed by atoms with Crippen LogP contribution in [-0.4, -0.2) is 120 Å². The lowest BCUT2D eigenvalue weighted by molar-refractivity contribution is -0.140. The van der Waals surface area contributed by atoms with Crippen molar-refractivity contribution in [3.63, 3.8) is 0 Å². The number of imide groups is 1. The maximum Gasteiger partial charge on any atom is 0.469 e. The van der Waals surface area contributed by atoms with Gasteiger partial charge in [0.2, 0.25) is 11.8 Å². The lowest BCUT2D eigenvalue weighted by Crippen LogP contribution is -2.57. The molecule has 6 aliphatic rings. The first-order chi connectivity index (χ1) is 37.7. The number of alkyl halides is 3. The summed E-state index contributed by atoms with van der Waals surface area (Å²) >= 11 is 0. The first kappa shape index (κ1) is 48.5. The number of fused-ring (bicyclic) bond motifs is 4. The molecule has 5 aliphatic heterocycles. The van der Waals surface area contributed by atoms with Gasteiger partial charge in [-0.05, 0) is 110 Å². The van der Waals surface area contributed by atoms with Gasteiger partial charge in [-0.15, -0.1) is 0 Å². The summed E-state index contributed by atoms with van der Waals surface area (Å²) in [6.45, 7) is 5.48. The summed E-state index contributed by atoms with van der Waals surface area (Å²) in [6, 6.07) is 11.6. The number of aryl methyl sites for hydroxylation is 1. The highest BCUT2D eigenvalue weighted by Crippen LogP contribution is 2.44. The van der Waals surface area contributed by atoms with Gasteiger partial charge in [-0.25, -0.2) is 14.5 Å². The average molecular weight is 1090 g/mol. The molecule has 2 atom stereocenters.